The number of hydrogen-bond acceptors (Lipinski definition) is 2. The third-order valence-corrected chi connectivity index (χ3v) is 2.82. The van der Waals surface area contributed by atoms with Crippen LogP contribution >= 0.6 is 11.6 Å². The minimum Gasteiger partial charge on any atom is -0.323 e. The molecule has 0 saturated carbocycles. The van der Waals surface area contributed by atoms with Crippen LogP contribution in [0.4, 0.5) is 0 Å². The van der Waals surface area contributed by atoms with Crippen LogP contribution in [0.2, 0.25) is 5.02 Å². The summed E-state index contributed by atoms with van der Waals surface area (Å²) >= 11 is 5.96. The molecule has 2 aromatic rings. The molecule has 2 N–H and O–H groups in total. The van der Waals surface area contributed by atoms with E-state index in [2.05, 4.69) is 11.9 Å². The standard InChI is InChI=1S/C11H14ClN3/c1-3-9(13)11-7(2)14-10-5-4-8(12)6-15(10)11/h4-6,9H,3,13H2,1-2H3. The molecule has 4 heteroatoms. The van der Waals surface area contributed by atoms with Gasteiger partial charge < -0.3 is 10.1 Å². The van der Waals surface area contributed by atoms with Crippen molar-refractivity contribution in [2.24, 2.45) is 5.73 Å². The second-order valence-corrected chi connectivity index (χ2v) is 4.11. The highest BCUT2D eigenvalue weighted by Gasteiger charge is 2.14. The van der Waals surface area contributed by atoms with Gasteiger partial charge in [-0.25, -0.2) is 4.98 Å². The predicted molar refractivity (Wildman–Crippen MR) is 62.2 cm³/mol. The van der Waals surface area contributed by atoms with Gasteiger partial charge in [0.1, 0.15) is 5.65 Å². The number of nitrogens with zero attached hydrogens (tertiary/aromatic N) is 2. The molecule has 1 unspecified atom stereocenters. The molecule has 2 rings (SSSR count). The minimum absolute atomic E-state index is 0.0125. The average molecular weight is 224 g/mol. The van der Waals surface area contributed by atoms with Crippen molar-refractivity contribution in [1.82, 2.24) is 9.38 Å². The first-order chi connectivity index (χ1) is 7.13. The van der Waals surface area contributed by atoms with Gasteiger partial charge in [0.05, 0.1) is 16.4 Å². The van der Waals surface area contributed by atoms with Crippen molar-refractivity contribution in [1.29, 1.82) is 0 Å². The maximum atomic E-state index is 6.05. The van der Waals surface area contributed by atoms with Gasteiger partial charge in [-0.15, -0.1) is 0 Å². The van der Waals surface area contributed by atoms with E-state index in [1.54, 1.807) is 0 Å². The Morgan fingerprint density at radius 2 is 2.27 bits per heavy atom. The lowest BCUT2D eigenvalue weighted by Gasteiger charge is -2.09. The summed E-state index contributed by atoms with van der Waals surface area (Å²) in [6.07, 6.45) is 2.75. The van der Waals surface area contributed by atoms with Gasteiger partial charge in [0, 0.05) is 12.2 Å². The van der Waals surface area contributed by atoms with Crippen molar-refractivity contribution in [2.75, 3.05) is 0 Å². The van der Waals surface area contributed by atoms with Crippen LogP contribution in [0.15, 0.2) is 18.3 Å². The monoisotopic (exact) mass is 223 g/mol. The van der Waals surface area contributed by atoms with Crippen LogP contribution in [-0.4, -0.2) is 9.38 Å². The first-order valence-electron chi connectivity index (χ1n) is 5.03. The normalized spacial score (nSPS) is 13.3. The van der Waals surface area contributed by atoms with Gasteiger partial charge in [-0.1, -0.05) is 18.5 Å². The molecule has 80 valence electrons. The van der Waals surface area contributed by atoms with E-state index in [9.17, 15) is 0 Å². The van der Waals surface area contributed by atoms with Gasteiger partial charge >= 0.3 is 0 Å². The lowest BCUT2D eigenvalue weighted by atomic mass is 10.1. The predicted octanol–water partition coefficient (Wildman–Crippen LogP) is 2.71. The second-order valence-electron chi connectivity index (χ2n) is 3.67. The summed E-state index contributed by atoms with van der Waals surface area (Å²) < 4.78 is 1.98. The Balaban J connectivity index is 2.70. The zero-order valence-electron chi connectivity index (χ0n) is 8.87. The maximum Gasteiger partial charge on any atom is 0.137 e. The Kier molecular flexibility index (Phi) is 2.67. The third-order valence-electron chi connectivity index (χ3n) is 2.59. The highest BCUT2D eigenvalue weighted by molar-refractivity contribution is 6.30. The van der Waals surface area contributed by atoms with E-state index in [1.807, 2.05) is 29.7 Å². The Morgan fingerprint density at radius 1 is 1.53 bits per heavy atom. The van der Waals surface area contributed by atoms with Crippen LogP contribution in [0.3, 0.4) is 0 Å². The average Bonchev–Trinajstić information content (AvgIpc) is 2.52. The molecule has 1 atom stereocenters. The van der Waals surface area contributed by atoms with Crippen molar-refractivity contribution in [2.45, 2.75) is 26.3 Å². The molecule has 0 amide bonds. The fourth-order valence-electron chi connectivity index (χ4n) is 1.79. The molecule has 0 fully saturated rings. The van der Waals surface area contributed by atoms with E-state index in [4.69, 9.17) is 17.3 Å². The summed E-state index contributed by atoms with van der Waals surface area (Å²) in [5.41, 5.74) is 8.98. The van der Waals surface area contributed by atoms with Gasteiger partial charge in [-0.3, -0.25) is 0 Å². The van der Waals surface area contributed by atoms with Gasteiger partial charge in [0.25, 0.3) is 0 Å². The Bertz CT molecular complexity index is 490. The molecule has 0 spiro atoms. The van der Waals surface area contributed by atoms with Crippen molar-refractivity contribution in [3.8, 4) is 0 Å². The van der Waals surface area contributed by atoms with Gasteiger partial charge in [0.15, 0.2) is 0 Å². The molecule has 0 aliphatic rings. The SMILES string of the molecule is CCC(N)c1c(C)nc2ccc(Cl)cn12. The van der Waals surface area contributed by atoms with Crippen molar-refractivity contribution in [3.63, 3.8) is 0 Å². The number of pyridine rings is 1. The van der Waals surface area contributed by atoms with Crippen molar-refractivity contribution >= 4 is 17.2 Å². The van der Waals surface area contributed by atoms with E-state index < -0.39 is 0 Å². The molecule has 0 radical (unpaired) electrons. The number of rotatable bonds is 2. The summed E-state index contributed by atoms with van der Waals surface area (Å²) in [5, 5.41) is 0.699. The highest BCUT2D eigenvalue weighted by atomic mass is 35.5. The number of fused-ring (bicyclic) bond motifs is 1. The molecule has 15 heavy (non-hydrogen) atoms. The highest BCUT2D eigenvalue weighted by Crippen LogP contribution is 2.21. The van der Waals surface area contributed by atoms with E-state index >= 15 is 0 Å². The summed E-state index contributed by atoms with van der Waals surface area (Å²) in [4.78, 5) is 4.45. The van der Waals surface area contributed by atoms with Gasteiger partial charge in [0.2, 0.25) is 0 Å². The first-order valence-corrected chi connectivity index (χ1v) is 5.41. The Labute approximate surface area is 93.9 Å². The molecule has 0 aliphatic carbocycles. The summed E-state index contributed by atoms with van der Waals surface area (Å²) in [7, 11) is 0. The molecule has 0 bridgehead atoms. The molecule has 3 nitrogen and oxygen atoms in total. The van der Waals surface area contributed by atoms with E-state index in [-0.39, 0.29) is 6.04 Å². The molecular formula is C11H14ClN3. The lowest BCUT2D eigenvalue weighted by Crippen LogP contribution is -2.12. The smallest absolute Gasteiger partial charge is 0.137 e. The molecule has 0 aliphatic heterocycles. The summed E-state index contributed by atoms with van der Waals surface area (Å²) in [6.45, 7) is 4.04. The first kappa shape index (κ1) is 10.5. The fraction of sp³-hybridized carbons (Fsp3) is 0.364. The number of aromatic nitrogens is 2. The van der Waals surface area contributed by atoms with Crippen LogP contribution < -0.4 is 5.73 Å². The lowest BCUT2D eigenvalue weighted by molar-refractivity contribution is 0.663. The second kappa shape index (κ2) is 3.83. The van der Waals surface area contributed by atoms with E-state index in [1.165, 1.54) is 0 Å². The van der Waals surface area contributed by atoms with Crippen LogP contribution in [0.25, 0.3) is 5.65 Å². The summed E-state index contributed by atoms with van der Waals surface area (Å²) in [5.74, 6) is 0. The number of imidazole rings is 1. The van der Waals surface area contributed by atoms with Gasteiger partial charge in [-0.05, 0) is 25.5 Å². The quantitative estimate of drug-likeness (QED) is 0.851. The minimum atomic E-state index is 0.0125. The zero-order valence-corrected chi connectivity index (χ0v) is 9.62. The number of hydrogen-bond donors (Lipinski definition) is 1. The van der Waals surface area contributed by atoms with Gasteiger partial charge in [-0.2, -0.15) is 0 Å². The fourth-order valence-corrected chi connectivity index (χ4v) is 1.96. The Hall–Kier alpha value is -1.06. The molecule has 2 heterocycles. The van der Waals surface area contributed by atoms with Crippen molar-refractivity contribution in [3.05, 3.63) is 34.7 Å². The van der Waals surface area contributed by atoms with Crippen LogP contribution in [-0.2, 0) is 0 Å². The molecule has 0 saturated heterocycles. The molecule has 2 aromatic heterocycles. The number of halogens is 1. The van der Waals surface area contributed by atoms with Crippen molar-refractivity contribution < 1.29 is 0 Å². The number of nitrogens with two attached hydrogens (primary N) is 1. The van der Waals surface area contributed by atoms with E-state index in [0.717, 1.165) is 23.5 Å². The van der Waals surface area contributed by atoms with Crippen LogP contribution in [0, 0.1) is 6.92 Å². The number of aryl methyl sites for hydroxylation is 1. The maximum absolute atomic E-state index is 6.05. The van der Waals surface area contributed by atoms with Crippen LogP contribution in [0.5, 0.6) is 0 Å². The molecule has 0 aromatic carbocycles. The third kappa shape index (κ3) is 1.73. The van der Waals surface area contributed by atoms with E-state index in [0.29, 0.717) is 5.02 Å². The van der Waals surface area contributed by atoms with Crippen LogP contribution in [0.1, 0.15) is 30.8 Å². The topological polar surface area (TPSA) is 43.3 Å². The molecular weight excluding hydrogens is 210 g/mol. The Morgan fingerprint density at radius 3 is 2.93 bits per heavy atom. The largest absolute Gasteiger partial charge is 0.323 e. The zero-order chi connectivity index (χ0) is 11.0. The summed E-state index contributed by atoms with van der Waals surface area (Å²) in [6, 6.07) is 3.75.